The van der Waals surface area contributed by atoms with Gasteiger partial charge in [0.15, 0.2) is 0 Å². The van der Waals surface area contributed by atoms with Gasteiger partial charge in [-0.25, -0.2) is 0 Å². The Balaban J connectivity index is 3.12. The minimum Gasteiger partial charge on any atom is -0.492 e. The van der Waals surface area contributed by atoms with Crippen LogP contribution in [0.2, 0.25) is 5.02 Å². The second-order valence-electron chi connectivity index (χ2n) is 2.69. The van der Waals surface area contributed by atoms with Gasteiger partial charge >= 0.3 is 0 Å². The average molecular weight is 199 g/mol. The number of benzene rings is 1. The molecular formula is C10H11ClO2. The molecule has 0 amide bonds. The van der Waals surface area contributed by atoms with Gasteiger partial charge in [-0.3, -0.25) is 4.79 Å². The van der Waals surface area contributed by atoms with Gasteiger partial charge in [0.05, 0.1) is 11.6 Å². The van der Waals surface area contributed by atoms with E-state index in [0.29, 0.717) is 22.9 Å². The van der Waals surface area contributed by atoms with Crippen LogP contribution in [0.25, 0.3) is 0 Å². The van der Waals surface area contributed by atoms with Gasteiger partial charge in [0.1, 0.15) is 12.0 Å². The van der Waals surface area contributed by atoms with Crippen molar-refractivity contribution in [2.75, 3.05) is 6.61 Å². The van der Waals surface area contributed by atoms with E-state index in [2.05, 4.69) is 0 Å². The van der Waals surface area contributed by atoms with Crippen molar-refractivity contribution in [1.82, 2.24) is 0 Å². The number of carbonyl (C=O) groups excluding carboxylic acids is 1. The fraction of sp³-hybridized carbons (Fsp3) is 0.300. The normalized spacial score (nSPS) is 9.77. The Kier molecular flexibility index (Phi) is 3.32. The summed E-state index contributed by atoms with van der Waals surface area (Å²) < 4.78 is 5.27. The number of halogens is 1. The zero-order chi connectivity index (χ0) is 9.84. The number of rotatable bonds is 3. The molecule has 0 unspecified atom stereocenters. The molecule has 0 radical (unpaired) electrons. The maximum Gasteiger partial charge on any atom is 0.150 e. The Labute approximate surface area is 82.5 Å². The second kappa shape index (κ2) is 4.28. The summed E-state index contributed by atoms with van der Waals surface area (Å²) in [5, 5.41) is 0.481. The lowest BCUT2D eigenvalue weighted by atomic mass is 10.1. The molecule has 1 aromatic carbocycles. The van der Waals surface area contributed by atoms with Gasteiger partial charge in [0.25, 0.3) is 0 Å². The first kappa shape index (κ1) is 10.1. The molecule has 70 valence electrons. The molecule has 3 heteroatoms. The lowest BCUT2D eigenvalue weighted by Crippen LogP contribution is -1.95. The van der Waals surface area contributed by atoms with Crippen LogP contribution in [0, 0.1) is 6.92 Å². The molecule has 0 aliphatic heterocycles. The van der Waals surface area contributed by atoms with Crippen LogP contribution >= 0.6 is 11.6 Å². The first-order chi connectivity index (χ1) is 6.19. The summed E-state index contributed by atoms with van der Waals surface area (Å²) in [6.45, 7) is 4.31. The van der Waals surface area contributed by atoms with Crippen molar-refractivity contribution >= 4 is 17.9 Å². The summed E-state index contributed by atoms with van der Waals surface area (Å²) >= 11 is 5.88. The van der Waals surface area contributed by atoms with E-state index in [1.54, 1.807) is 12.1 Å². The van der Waals surface area contributed by atoms with Crippen molar-refractivity contribution in [1.29, 1.82) is 0 Å². The van der Waals surface area contributed by atoms with Crippen LogP contribution in [0.15, 0.2) is 12.1 Å². The highest BCUT2D eigenvalue weighted by Gasteiger charge is 2.05. The molecule has 0 saturated carbocycles. The quantitative estimate of drug-likeness (QED) is 0.699. The summed E-state index contributed by atoms with van der Waals surface area (Å²) in [5.41, 5.74) is 1.48. The zero-order valence-electron chi connectivity index (χ0n) is 7.63. The number of aldehydes is 1. The highest BCUT2D eigenvalue weighted by molar-refractivity contribution is 6.32. The van der Waals surface area contributed by atoms with Crippen molar-refractivity contribution in [3.8, 4) is 5.75 Å². The predicted molar refractivity (Wildman–Crippen MR) is 52.7 cm³/mol. The van der Waals surface area contributed by atoms with E-state index in [4.69, 9.17) is 16.3 Å². The molecule has 0 saturated heterocycles. The van der Waals surface area contributed by atoms with Crippen LogP contribution in [0.3, 0.4) is 0 Å². The number of ether oxygens (including phenoxy) is 1. The predicted octanol–water partition coefficient (Wildman–Crippen LogP) is 2.86. The van der Waals surface area contributed by atoms with E-state index in [1.165, 1.54) is 0 Å². The number of hydrogen-bond acceptors (Lipinski definition) is 2. The number of aryl methyl sites for hydroxylation is 1. The van der Waals surface area contributed by atoms with Gasteiger partial charge in [-0.15, -0.1) is 0 Å². The third-order valence-electron chi connectivity index (χ3n) is 1.75. The van der Waals surface area contributed by atoms with Gasteiger partial charge in [0, 0.05) is 5.56 Å². The minimum atomic E-state index is 0.481. The Bertz CT molecular complexity index is 321. The maximum atomic E-state index is 10.5. The third kappa shape index (κ3) is 2.22. The van der Waals surface area contributed by atoms with Crippen LogP contribution in [0.4, 0.5) is 0 Å². The molecule has 0 aliphatic rings. The summed E-state index contributed by atoms with van der Waals surface area (Å²) in [4.78, 5) is 10.5. The smallest absolute Gasteiger partial charge is 0.150 e. The lowest BCUT2D eigenvalue weighted by molar-refractivity contribution is 0.112. The largest absolute Gasteiger partial charge is 0.492 e. The Morgan fingerprint density at radius 3 is 2.77 bits per heavy atom. The van der Waals surface area contributed by atoms with Crippen LogP contribution < -0.4 is 4.74 Å². The topological polar surface area (TPSA) is 26.3 Å². The maximum absolute atomic E-state index is 10.5. The molecule has 1 rings (SSSR count). The van der Waals surface area contributed by atoms with Crippen molar-refractivity contribution in [2.45, 2.75) is 13.8 Å². The van der Waals surface area contributed by atoms with Crippen LogP contribution in [0.1, 0.15) is 22.8 Å². The van der Waals surface area contributed by atoms with Crippen LogP contribution in [0.5, 0.6) is 5.75 Å². The molecule has 1 aromatic rings. The highest BCUT2D eigenvalue weighted by atomic mass is 35.5. The SMILES string of the molecule is CCOc1cc(C)c(C=O)cc1Cl. The molecule has 0 atom stereocenters. The summed E-state index contributed by atoms with van der Waals surface area (Å²) in [7, 11) is 0. The molecule has 0 fully saturated rings. The standard InChI is InChI=1S/C10H11ClO2/c1-3-13-10-4-7(2)8(6-12)5-9(10)11/h4-6H,3H2,1-2H3. The van der Waals surface area contributed by atoms with Crippen molar-refractivity contribution in [2.24, 2.45) is 0 Å². The van der Waals surface area contributed by atoms with E-state index in [1.807, 2.05) is 13.8 Å². The van der Waals surface area contributed by atoms with E-state index < -0.39 is 0 Å². The first-order valence-electron chi connectivity index (χ1n) is 4.07. The van der Waals surface area contributed by atoms with Gasteiger partial charge < -0.3 is 4.74 Å². The number of hydrogen-bond donors (Lipinski definition) is 0. The second-order valence-corrected chi connectivity index (χ2v) is 3.10. The Hall–Kier alpha value is -1.02. The Morgan fingerprint density at radius 1 is 1.54 bits per heavy atom. The van der Waals surface area contributed by atoms with Crippen molar-refractivity contribution < 1.29 is 9.53 Å². The first-order valence-corrected chi connectivity index (χ1v) is 4.45. The summed E-state index contributed by atoms with van der Waals surface area (Å²) in [5.74, 6) is 0.632. The fourth-order valence-electron chi connectivity index (χ4n) is 1.06. The van der Waals surface area contributed by atoms with Gasteiger partial charge in [-0.2, -0.15) is 0 Å². The molecule has 0 bridgehead atoms. The molecule has 13 heavy (non-hydrogen) atoms. The summed E-state index contributed by atoms with van der Waals surface area (Å²) in [6.07, 6.45) is 0.789. The molecule has 0 spiro atoms. The third-order valence-corrected chi connectivity index (χ3v) is 2.04. The van der Waals surface area contributed by atoms with Crippen LogP contribution in [-0.2, 0) is 0 Å². The monoisotopic (exact) mass is 198 g/mol. The lowest BCUT2D eigenvalue weighted by Gasteiger charge is -2.07. The average Bonchev–Trinajstić information content (AvgIpc) is 2.11. The fourth-order valence-corrected chi connectivity index (χ4v) is 1.29. The van der Waals surface area contributed by atoms with Crippen molar-refractivity contribution in [3.63, 3.8) is 0 Å². The zero-order valence-corrected chi connectivity index (χ0v) is 8.39. The van der Waals surface area contributed by atoms with Gasteiger partial charge in [-0.05, 0) is 31.5 Å². The highest BCUT2D eigenvalue weighted by Crippen LogP contribution is 2.27. The molecule has 0 aromatic heterocycles. The molecule has 0 heterocycles. The molecule has 2 nitrogen and oxygen atoms in total. The molecule has 0 N–H and O–H groups in total. The minimum absolute atomic E-state index is 0.481. The van der Waals surface area contributed by atoms with E-state index in [0.717, 1.165) is 11.8 Å². The van der Waals surface area contributed by atoms with E-state index in [-0.39, 0.29) is 0 Å². The molecule has 0 aliphatic carbocycles. The van der Waals surface area contributed by atoms with Crippen molar-refractivity contribution in [3.05, 3.63) is 28.3 Å². The van der Waals surface area contributed by atoms with E-state index in [9.17, 15) is 4.79 Å². The van der Waals surface area contributed by atoms with Gasteiger partial charge in [0.2, 0.25) is 0 Å². The van der Waals surface area contributed by atoms with Crippen LogP contribution in [-0.4, -0.2) is 12.9 Å². The Morgan fingerprint density at radius 2 is 2.23 bits per heavy atom. The summed E-state index contributed by atoms with van der Waals surface area (Å²) in [6, 6.07) is 3.39. The molecular weight excluding hydrogens is 188 g/mol. The van der Waals surface area contributed by atoms with Gasteiger partial charge in [-0.1, -0.05) is 11.6 Å². The van der Waals surface area contributed by atoms with E-state index >= 15 is 0 Å². The number of carbonyl (C=O) groups is 1.